The van der Waals surface area contributed by atoms with Gasteiger partial charge in [0.05, 0.1) is 0 Å². The van der Waals surface area contributed by atoms with Gasteiger partial charge in [0.15, 0.2) is 12.3 Å². The van der Waals surface area contributed by atoms with Crippen LogP contribution in [0.3, 0.4) is 0 Å². The number of ether oxygens (including phenoxy) is 1. The van der Waals surface area contributed by atoms with Crippen LogP contribution in [0.2, 0.25) is 0 Å². The van der Waals surface area contributed by atoms with Gasteiger partial charge in [-0.15, -0.1) is 0 Å². The Morgan fingerprint density at radius 3 is 2.40 bits per heavy atom. The third kappa shape index (κ3) is 5.75. The van der Waals surface area contributed by atoms with Gasteiger partial charge in [-0.1, -0.05) is 33.3 Å². The van der Waals surface area contributed by atoms with Crippen LogP contribution in [0, 0.1) is 19.8 Å². The van der Waals surface area contributed by atoms with E-state index in [0.29, 0.717) is 12.3 Å². The van der Waals surface area contributed by atoms with E-state index >= 15 is 0 Å². The Bertz CT molecular complexity index is 987. The number of aromatic amines is 1. The predicted molar refractivity (Wildman–Crippen MR) is 119 cm³/mol. The summed E-state index contributed by atoms with van der Waals surface area (Å²) < 4.78 is 7.01. The average molecular weight is 417 g/mol. The summed E-state index contributed by atoms with van der Waals surface area (Å²) in [5.41, 5.74) is 7.00. The number of anilines is 2. The van der Waals surface area contributed by atoms with Crippen molar-refractivity contribution in [3.8, 4) is 5.75 Å². The van der Waals surface area contributed by atoms with E-state index in [-0.39, 0.29) is 30.6 Å². The molecule has 8 heteroatoms. The number of nitrogens with two attached hydrogens (primary N) is 1. The molecule has 1 heterocycles. The van der Waals surface area contributed by atoms with E-state index < -0.39 is 17.2 Å². The molecule has 1 aromatic heterocycles. The van der Waals surface area contributed by atoms with Crippen LogP contribution in [0.4, 0.5) is 11.5 Å². The zero-order valence-corrected chi connectivity index (χ0v) is 18.4. The first-order valence-electron chi connectivity index (χ1n) is 10.3. The lowest BCUT2D eigenvalue weighted by Gasteiger charge is -2.26. The van der Waals surface area contributed by atoms with E-state index in [1.165, 1.54) is 9.47 Å². The maximum atomic E-state index is 13.0. The fourth-order valence-electron chi connectivity index (χ4n) is 3.30. The molecule has 1 amide bonds. The molecular weight excluding hydrogens is 384 g/mol. The smallest absolute Gasteiger partial charge is 0.330 e. The number of hydrogen-bond donors (Lipinski definition) is 2. The molecule has 0 unspecified atom stereocenters. The first-order chi connectivity index (χ1) is 14.1. The Hall–Kier alpha value is -3.03. The fraction of sp³-hybridized carbons (Fsp3) is 0.500. The zero-order chi connectivity index (χ0) is 22.4. The lowest BCUT2D eigenvalue weighted by molar-refractivity contribution is -0.120. The minimum Gasteiger partial charge on any atom is -0.484 e. The number of carbonyl (C=O) groups excluding carboxylic acids is 1. The second-order valence-electron chi connectivity index (χ2n) is 8.01. The van der Waals surface area contributed by atoms with Crippen molar-refractivity contribution in [2.24, 2.45) is 5.92 Å². The van der Waals surface area contributed by atoms with Crippen molar-refractivity contribution in [1.82, 2.24) is 9.55 Å². The largest absolute Gasteiger partial charge is 0.484 e. The number of amides is 1. The molecule has 0 saturated carbocycles. The Labute approximate surface area is 176 Å². The third-order valence-electron chi connectivity index (χ3n) is 4.63. The Morgan fingerprint density at radius 2 is 1.83 bits per heavy atom. The lowest BCUT2D eigenvalue weighted by atomic mass is 10.1. The molecule has 0 fully saturated rings. The normalized spacial score (nSPS) is 11.0. The van der Waals surface area contributed by atoms with Crippen LogP contribution < -0.4 is 26.6 Å². The molecule has 0 aliphatic heterocycles. The van der Waals surface area contributed by atoms with Crippen LogP contribution in [0.15, 0.2) is 27.8 Å². The van der Waals surface area contributed by atoms with Gasteiger partial charge in [-0.3, -0.25) is 19.1 Å². The van der Waals surface area contributed by atoms with Crippen molar-refractivity contribution in [1.29, 1.82) is 0 Å². The van der Waals surface area contributed by atoms with Gasteiger partial charge in [0.2, 0.25) is 0 Å². The molecule has 2 aromatic rings. The van der Waals surface area contributed by atoms with E-state index in [0.717, 1.165) is 24.0 Å². The van der Waals surface area contributed by atoms with E-state index in [4.69, 9.17) is 10.5 Å². The minimum atomic E-state index is -0.675. The summed E-state index contributed by atoms with van der Waals surface area (Å²) in [7, 11) is 0. The molecule has 30 heavy (non-hydrogen) atoms. The number of unbranched alkanes of at least 4 members (excludes halogenated alkanes) is 1. The van der Waals surface area contributed by atoms with Gasteiger partial charge >= 0.3 is 5.69 Å². The number of carbonyl (C=O) groups is 1. The molecule has 0 saturated heterocycles. The number of benzene rings is 1. The number of aromatic nitrogens is 2. The maximum Gasteiger partial charge on any atom is 0.330 e. The van der Waals surface area contributed by atoms with E-state index in [9.17, 15) is 14.4 Å². The van der Waals surface area contributed by atoms with Crippen LogP contribution in [0.5, 0.6) is 5.75 Å². The number of H-pyrrole nitrogens is 1. The van der Waals surface area contributed by atoms with Gasteiger partial charge in [0, 0.05) is 13.1 Å². The van der Waals surface area contributed by atoms with Gasteiger partial charge in [-0.2, -0.15) is 0 Å². The van der Waals surface area contributed by atoms with Crippen molar-refractivity contribution in [3.63, 3.8) is 0 Å². The maximum absolute atomic E-state index is 13.0. The van der Waals surface area contributed by atoms with Gasteiger partial charge in [-0.05, 0) is 49.4 Å². The zero-order valence-electron chi connectivity index (χ0n) is 18.4. The number of nitrogen functional groups attached to an aromatic ring is 1. The van der Waals surface area contributed by atoms with Crippen molar-refractivity contribution in [2.75, 3.05) is 23.8 Å². The first kappa shape index (κ1) is 23.3. The number of aryl methyl sites for hydroxylation is 2. The summed E-state index contributed by atoms with van der Waals surface area (Å²) in [5.74, 6) is 0.253. The highest BCUT2D eigenvalue weighted by atomic mass is 16.5. The highest BCUT2D eigenvalue weighted by molar-refractivity contribution is 5.96. The lowest BCUT2D eigenvalue weighted by Crippen LogP contribution is -2.44. The molecule has 164 valence electrons. The van der Waals surface area contributed by atoms with Crippen LogP contribution in [-0.2, 0) is 11.3 Å². The molecule has 0 atom stereocenters. The monoisotopic (exact) mass is 416 g/mol. The topological polar surface area (TPSA) is 110 Å². The molecule has 3 N–H and O–H groups in total. The van der Waals surface area contributed by atoms with E-state index in [1.807, 2.05) is 52.8 Å². The summed E-state index contributed by atoms with van der Waals surface area (Å²) in [5, 5.41) is 0. The second-order valence-corrected chi connectivity index (χ2v) is 8.01. The highest BCUT2D eigenvalue weighted by Gasteiger charge is 2.25. The summed E-state index contributed by atoms with van der Waals surface area (Å²) in [6, 6.07) is 5.71. The molecule has 8 nitrogen and oxygen atoms in total. The Kier molecular flexibility index (Phi) is 7.86. The standard InChI is InChI=1S/C22H32N4O4/c1-6-7-8-25-20(23)19(21(28)24-22(25)29)26(12-14(2)3)18(27)13-30-17-10-15(4)9-16(5)11-17/h9-11,14H,6-8,12-13,23H2,1-5H3,(H,24,28,29). The van der Waals surface area contributed by atoms with Gasteiger partial charge in [-0.25, -0.2) is 4.79 Å². The Balaban J connectivity index is 2.38. The summed E-state index contributed by atoms with van der Waals surface area (Å²) >= 11 is 0. The molecule has 0 aliphatic carbocycles. The molecular formula is C22H32N4O4. The first-order valence-corrected chi connectivity index (χ1v) is 10.3. The molecule has 0 radical (unpaired) electrons. The van der Waals surface area contributed by atoms with Crippen LogP contribution in [-0.4, -0.2) is 28.6 Å². The summed E-state index contributed by atoms with van der Waals surface area (Å²) in [6.07, 6.45) is 1.59. The third-order valence-corrected chi connectivity index (χ3v) is 4.63. The molecule has 1 aromatic carbocycles. The summed E-state index contributed by atoms with van der Waals surface area (Å²) in [4.78, 5) is 41.5. The highest BCUT2D eigenvalue weighted by Crippen LogP contribution is 2.20. The predicted octanol–water partition coefficient (Wildman–Crippen LogP) is 2.60. The molecule has 2 rings (SSSR count). The Morgan fingerprint density at radius 1 is 1.20 bits per heavy atom. The number of hydrogen-bond acceptors (Lipinski definition) is 5. The van der Waals surface area contributed by atoms with Gasteiger partial charge in [0.1, 0.15) is 11.6 Å². The van der Waals surface area contributed by atoms with Crippen molar-refractivity contribution in [3.05, 3.63) is 50.2 Å². The number of rotatable bonds is 9. The van der Waals surface area contributed by atoms with Gasteiger partial charge in [0.25, 0.3) is 11.5 Å². The van der Waals surface area contributed by atoms with Crippen molar-refractivity contribution >= 4 is 17.4 Å². The van der Waals surface area contributed by atoms with Crippen LogP contribution in [0.25, 0.3) is 0 Å². The van der Waals surface area contributed by atoms with Crippen molar-refractivity contribution < 1.29 is 9.53 Å². The number of nitrogens with one attached hydrogen (secondary N) is 1. The second kappa shape index (κ2) is 10.1. The van der Waals surface area contributed by atoms with Crippen LogP contribution in [0.1, 0.15) is 44.7 Å². The molecule has 0 bridgehead atoms. The van der Waals surface area contributed by atoms with E-state index in [1.54, 1.807) is 0 Å². The molecule has 0 aliphatic rings. The minimum absolute atomic E-state index is 0.00222. The van der Waals surface area contributed by atoms with E-state index in [2.05, 4.69) is 4.98 Å². The average Bonchev–Trinajstić information content (AvgIpc) is 2.64. The molecule has 0 spiro atoms. The quantitative estimate of drug-likeness (QED) is 0.653. The van der Waals surface area contributed by atoms with Crippen LogP contribution >= 0.6 is 0 Å². The fourth-order valence-corrected chi connectivity index (χ4v) is 3.30. The summed E-state index contributed by atoms with van der Waals surface area (Å²) in [6.45, 7) is 10.2. The van der Waals surface area contributed by atoms with Gasteiger partial charge < -0.3 is 15.4 Å². The SMILES string of the molecule is CCCCn1c(N)c(N(CC(C)C)C(=O)COc2cc(C)cc(C)c2)c(=O)[nH]c1=O. The number of nitrogens with zero attached hydrogens (tertiary/aromatic N) is 2. The van der Waals surface area contributed by atoms with Crippen molar-refractivity contribution in [2.45, 2.75) is 54.0 Å².